The summed E-state index contributed by atoms with van der Waals surface area (Å²) >= 11 is 0. The van der Waals surface area contributed by atoms with E-state index < -0.39 is 0 Å². The van der Waals surface area contributed by atoms with Gasteiger partial charge in [-0.3, -0.25) is 14.2 Å². The molecule has 1 amide bonds. The molecule has 0 N–H and O–H groups in total. The van der Waals surface area contributed by atoms with E-state index in [4.69, 9.17) is 4.52 Å². The maximum Gasteiger partial charge on any atom is 0.266 e. The number of hydrogen-bond donors (Lipinski definition) is 0. The molecular formula is C24H28FN5O3. The summed E-state index contributed by atoms with van der Waals surface area (Å²) in [6.45, 7) is 4.14. The number of fused-ring (bicyclic) bond motifs is 1. The highest BCUT2D eigenvalue weighted by Crippen LogP contribution is 2.25. The van der Waals surface area contributed by atoms with Crippen LogP contribution in [0.25, 0.3) is 22.4 Å². The fourth-order valence-corrected chi connectivity index (χ4v) is 4.98. The SMILES string of the molecule is O=C(CCn1cnc2onc(-c3ccc(F)cc3)c2c1=O)N1CCC(N2CCCCC2)CC1. The second-order valence-electron chi connectivity index (χ2n) is 8.92. The molecule has 2 aliphatic rings. The van der Waals surface area contributed by atoms with Crippen molar-refractivity contribution in [3.05, 3.63) is 46.8 Å². The highest BCUT2D eigenvalue weighted by atomic mass is 19.1. The van der Waals surface area contributed by atoms with Crippen LogP contribution in [0.5, 0.6) is 0 Å². The lowest BCUT2D eigenvalue weighted by atomic mass is 10.00. The van der Waals surface area contributed by atoms with Gasteiger partial charge in [-0.05, 0) is 63.0 Å². The van der Waals surface area contributed by atoms with Crippen LogP contribution in [0, 0.1) is 5.82 Å². The van der Waals surface area contributed by atoms with E-state index in [0.29, 0.717) is 17.3 Å². The zero-order chi connectivity index (χ0) is 22.8. The number of halogens is 1. The smallest absolute Gasteiger partial charge is 0.266 e. The zero-order valence-corrected chi connectivity index (χ0v) is 18.6. The Kier molecular flexibility index (Phi) is 6.22. The molecule has 2 aromatic heterocycles. The van der Waals surface area contributed by atoms with Gasteiger partial charge in [-0.1, -0.05) is 11.6 Å². The largest absolute Gasteiger partial charge is 0.343 e. The molecule has 0 unspecified atom stereocenters. The lowest BCUT2D eigenvalue weighted by Crippen LogP contribution is -2.48. The molecule has 9 heteroatoms. The normalized spacial score (nSPS) is 18.2. The van der Waals surface area contributed by atoms with Crippen molar-refractivity contribution in [3.63, 3.8) is 0 Å². The third kappa shape index (κ3) is 4.55. The molecule has 3 aromatic rings. The molecule has 1 aromatic carbocycles. The number of carbonyl (C=O) groups excluding carboxylic acids is 1. The second-order valence-corrected chi connectivity index (χ2v) is 8.92. The summed E-state index contributed by atoms with van der Waals surface area (Å²) in [5, 5.41) is 4.19. The third-order valence-corrected chi connectivity index (χ3v) is 6.87. The highest BCUT2D eigenvalue weighted by Gasteiger charge is 2.27. The van der Waals surface area contributed by atoms with Gasteiger partial charge < -0.3 is 14.3 Å². The summed E-state index contributed by atoms with van der Waals surface area (Å²) in [5.74, 6) is -0.316. The van der Waals surface area contributed by atoms with Crippen molar-refractivity contribution in [1.29, 1.82) is 0 Å². The van der Waals surface area contributed by atoms with E-state index in [1.54, 1.807) is 12.1 Å². The van der Waals surface area contributed by atoms with E-state index >= 15 is 0 Å². The summed E-state index contributed by atoms with van der Waals surface area (Å²) < 4.78 is 19.9. The number of carbonyl (C=O) groups is 1. The van der Waals surface area contributed by atoms with Crippen LogP contribution in [0.3, 0.4) is 0 Å². The van der Waals surface area contributed by atoms with Crippen molar-refractivity contribution in [3.8, 4) is 11.3 Å². The van der Waals surface area contributed by atoms with Gasteiger partial charge in [-0.15, -0.1) is 0 Å². The lowest BCUT2D eigenvalue weighted by molar-refractivity contribution is -0.133. The molecule has 0 aliphatic carbocycles. The molecule has 0 radical (unpaired) electrons. The van der Waals surface area contributed by atoms with Crippen LogP contribution >= 0.6 is 0 Å². The highest BCUT2D eigenvalue weighted by molar-refractivity contribution is 5.88. The summed E-state index contributed by atoms with van der Waals surface area (Å²) in [7, 11) is 0. The molecule has 2 fully saturated rings. The zero-order valence-electron chi connectivity index (χ0n) is 18.6. The third-order valence-electron chi connectivity index (χ3n) is 6.87. The minimum Gasteiger partial charge on any atom is -0.343 e. The summed E-state index contributed by atoms with van der Waals surface area (Å²) in [6.07, 6.45) is 7.54. The van der Waals surface area contributed by atoms with Gasteiger partial charge in [-0.25, -0.2) is 9.37 Å². The quantitative estimate of drug-likeness (QED) is 0.590. The second kappa shape index (κ2) is 9.43. The Hall–Kier alpha value is -3.07. The Labute approximate surface area is 191 Å². The van der Waals surface area contributed by atoms with Gasteiger partial charge in [0, 0.05) is 37.7 Å². The van der Waals surface area contributed by atoms with Gasteiger partial charge in [0.25, 0.3) is 11.3 Å². The Morgan fingerprint density at radius 3 is 2.52 bits per heavy atom. The van der Waals surface area contributed by atoms with Crippen molar-refractivity contribution in [2.75, 3.05) is 26.2 Å². The number of amides is 1. The summed E-state index contributed by atoms with van der Waals surface area (Å²) in [5.41, 5.74) is 0.696. The predicted molar refractivity (Wildman–Crippen MR) is 121 cm³/mol. The van der Waals surface area contributed by atoms with Crippen LogP contribution in [0.4, 0.5) is 4.39 Å². The van der Waals surface area contributed by atoms with E-state index in [0.717, 1.165) is 25.9 Å². The minimum atomic E-state index is -0.374. The Morgan fingerprint density at radius 2 is 1.79 bits per heavy atom. The molecule has 33 heavy (non-hydrogen) atoms. The van der Waals surface area contributed by atoms with E-state index in [1.165, 1.54) is 55.4 Å². The number of nitrogens with zero attached hydrogens (tertiary/aromatic N) is 5. The summed E-state index contributed by atoms with van der Waals surface area (Å²) in [4.78, 5) is 34.6. The van der Waals surface area contributed by atoms with Gasteiger partial charge in [0.1, 0.15) is 23.2 Å². The number of hydrogen-bond acceptors (Lipinski definition) is 6. The van der Waals surface area contributed by atoms with E-state index in [9.17, 15) is 14.0 Å². The number of likely N-dealkylation sites (tertiary alicyclic amines) is 2. The van der Waals surface area contributed by atoms with Crippen LogP contribution in [0.1, 0.15) is 38.5 Å². The van der Waals surface area contributed by atoms with Crippen LogP contribution < -0.4 is 5.56 Å². The first kappa shape index (κ1) is 21.8. The Balaban J connectivity index is 1.24. The van der Waals surface area contributed by atoms with Crippen LogP contribution in [0.15, 0.2) is 39.9 Å². The average molecular weight is 454 g/mol. The lowest BCUT2D eigenvalue weighted by Gasteiger charge is -2.40. The minimum absolute atomic E-state index is 0.0585. The molecule has 5 rings (SSSR count). The maximum absolute atomic E-state index is 13.3. The summed E-state index contributed by atoms with van der Waals surface area (Å²) in [6, 6.07) is 6.28. The topological polar surface area (TPSA) is 84.5 Å². The predicted octanol–water partition coefficient (Wildman–Crippen LogP) is 3.06. The molecule has 2 saturated heterocycles. The molecule has 4 heterocycles. The number of piperidine rings is 2. The van der Waals surface area contributed by atoms with Crippen molar-refractivity contribution in [2.24, 2.45) is 0 Å². The van der Waals surface area contributed by atoms with E-state index in [2.05, 4.69) is 15.0 Å². The van der Waals surface area contributed by atoms with Crippen LogP contribution in [0.2, 0.25) is 0 Å². The maximum atomic E-state index is 13.3. The van der Waals surface area contributed by atoms with Gasteiger partial charge in [0.05, 0.1) is 0 Å². The molecule has 8 nitrogen and oxygen atoms in total. The van der Waals surface area contributed by atoms with Gasteiger partial charge in [0.15, 0.2) is 0 Å². The molecular weight excluding hydrogens is 425 g/mol. The monoisotopic (exact) mass is 453 g/mol. The van der Waals surface area contributed by atoms with Gasteiger partial charge in [0.2, 0.25) is 5.91 Å². The number of aryl methyl sites for hydroxylation is 1. The molecule has 0 atom stereocenters. The van der Waals surface area contributed by atoms with Crippen LogP contribution in [-0.2, 0) is 11.3 Å². The van der Waals surface area contributed by atoms with E-state index in [-0.39, 0.29) is 41.3 Å². The molecule has 0 bridgehead atoms. The standard InChI is InChI=1S/C24H28FN5O3/c25-18-6-4-17(5-7-18)22-21-23(33-27-22)26-16-30(24(21)32)15-10-20(31)29-13-8-19(9-14-29)28-11-2-1-3-12-28/h4-7,16,19H,1-3,8-15H2. The number of aromatic nitrogens is 3. The van der Waals surface area contributed by atoms with Crippen molar-refractivity contribution >= 4 is 17.0 Å². The first-order chi connectivity index (χ1) is 16.1. The molecule has 2 aliphatic heterocycles. The van der Waals surface area contributed by atoms with Gasteiger partial charge in [-0.2, -0.15) is 0 Å². The number of rotatable bonds is 5. The van der Waals surface area contributed by atoms with Crippen molar-refractivity contribution < 1.29 is 13.7 Å². The van der Waals surface area contributed by atoms with Crippen LogP contribution in [-0.4, -0.2) is 62.6 Å². The van der Waals surface area contributed by atoms with E-state index in [1.807, 2.05) is 4.90 Å². The van der Waals surface area contributed by atoms with Crippen molar-refractivity contribution in [2.45, 2.75) is 51.1 Å². The average Bonchev–Trinajstić information content (AvgIpc) is 3.29. The fraction of sp³-hybridized carbons (Fsp3) is 0.500. The fourth-order valence-electron chi connectivity index (χ4n) is 4.98. The van der Waals surface area contributed by atoms with Crippen molar-refractivity contribution in [1.82, 2.24) is 24.5 Å². The Morgan fingerprint density at radius 1 is 1.06 bits per heavy atom. The Bertz CT molecular complexity index is 1180. The first-order valence-corrected chi connectivity index (χ1v) is 11.7. The van der Waals surface area contributed by atoms with Gasteiger partial charge >= 0.3 is 0 Å². The number of benzene rings is 1. The molecule has 174 valence electrons. The molecule has 0 saturated carbocycles. The molecule has 0 spiro atoms. The first-order valence-electron chi connectivity index (χ1n) is 11.7.